The number of piperazine rings is 2. The van der Waals surface area contributed by atoms with Crippen molar-refractivity contribution in [3.63, 3.8) is 0 Å². The van der Waals surface area contributed by atoms with Crippen LogP contribution in [0.2, 0.25) is 0 Å². The van der Waals surface area contributed by atoms with E-state index in [1.807, 2.05) is 4.90 Å². The molecule has 1 N–H and O–H groups in total. The molecule has 0 radical (unpaired) electrons. The Morgan fingerprint density at radius 3 is 1.33 bits per heavy atom. The van der Waals surface area contributed by atoms with Crippen molar-refractivity contribution in [3.8, 4) is 0 Å². The fourth-order valence-electron chi connectivity index (χ4n) is 4.91. The van der Waals surface area contributed by atoms with Crippen molar-refractivity contribution in [3.05, 3.63) is 70.8 Å². The Hall–Kier alpha value is -2.16. The number of hydrogen-bond donors (Lipinski definition) is 1. The van der Waals surface area contributed by atoms with Gasteiger partial charge in [0.25, 0.3) is 11.8 Å². The van der Waals surface area contributed by atoms with Gasteiger partial charge in [0.15, 0.2) is 5.44 Å². The second-order valence-electron chi connectivity index (χ2n) is 11.1. The number of benzene rings is 2. The molecule has 0 aromatic heterocycles. The predicted molar refractivity (Wildman–Crippen MR) is 172 cm³/mol. The van der Waals surface area contributed by atoms with Crippen LogP contribution >= 0.6 is 0 Å². The summed E-state index contributed by atoms with van der Waals surface area (Å²) in [5.41, 5.74) is -0.491. The molecular formula is C32H49N4NaO7S. The van der Waals surface area contributed by atoms with Crippen molar-refractivity contribution < 1.29 is 62.0 Å². The van der Waals surface area contributed by atoms with Gasteiger partial charge in [-0.1, -0.05) is 39.1 Å². The molecule has 2 fully saturated rings. The maximum Gasteiger partial charge on any atom is 1.00 e. The standard InChI is InChI=1S/C15H22N2O5S.C15H20N2O2.2CH4.Na/c1-11(2)16-7-9-17(10-8-16)14(18)12-3-5-13(6-4-12)15(19)23(20,21)22;1-12(2)16-7-9-17(10-8-16)15(19)14-5-3-13(11-18)4-6-14;;;/h3-6,11,15,19H,7-10H2,1-2H3,(H,20,21,22);3-6,11-12H,7-10H2,1-2H3;2*1H4;/q;;;;+1/p-1. The van der Waals surface area contributed by atoms with Crippen LogP contribution < -0.4 is 29.6 Å². The molecule has 1 atom stereocenters. The molecule has 4 rings (SSSR count). The van der Waals surface area contributed by atoms with E-state index in [9.17, 15) is 32.5 Å². The van der Waals surface area contributed by atoms with Crippen LogP contribution in [0.1, 0.15) is 84.6 Å². The molecule has 0 aliphatic carbocycles. The van der Waals surface area contributed by atoms with E-state index in [0.717, 1.165) is 45.6 Å². The van der Waals surface area contributed by atoms with Crippen LogP contribution in [0.4, 0.5) is 0 Å². The van der Waals surface area contributed by atoms with Gasteiger partial charge in [0, 0.05) is 81.1 Å². The topological polar surface area (TPSA) is 142 Å². The first kappa shape index (κ1) is 42.8. The van der Waals surface area contributed by atoms with Gasteiger partial charge in [0.1, 0.15) is 16.4 Å². The summed E-state index contributed by atoms with van der Waals surface area (Å²) in [5.74, 6) is -0.0831. The normalized spacial score (nSPS) is 16.4. The number of aldehydes is 1. The van der Waals surface area contributed by atoms with E-state index in [1.165, 1.54) is 24.3 Å². The van der Waals surface area contributed by atoms with Gasteiger partial charge in [0.05, 0.1) is 0 Å². The monoisotopic (exact) mass is 656 g/mol. The van der Waals surface area contributed by atoms with Gasteiger partial charge in [0.2, 0.25) is 0 Å². The Morgan fingerprint density at radius 2 is 1.04 bits per heavy atom. The first-order chi connectivity index (χ1) is 19.8. The predicted octanol–water partition coefficient (Wildman–Crippen LogP) is 0.330. The van der Waals surface area contributed by atoms with Crippen LogP contribution in [0.5, 0.6) is 0 Å². The second kappa shape index (κ2) is 19.5. The summed E-state index contributed by atoms with van der Waals surface area (Å²) < 4.78 is 32.4. The largest absolute Gasteiger partial charge is 1.00 e. The molecule has 11 nitrogen and oxygen atoms in total. The average Bonchev–Trinajstić information content (AvgIpc) is 3.00. The van der Waals surface area contributed by atoms with Crippen LogP contribution in [0.3, 0.4) is 0 Å². The number of aliphatic hydroxyl groups excluding tert-OH is 1. The third-order valence-electron chi connectivity index (χ3n) is 7.67. The zero-order valence-electron chi connectivity index (χ0n) is 25.7. The molecule has 2 amide bonds. The molecule has 13 heteroatoms. The van der Waals surface area contributed by atoms with Crippen molar-refractivity contribution in [1.82, 2.24) is 19.6 Å². The van der Waals surface area contributed by atoms with E-state index >= 15 is 0 Å². The van der Waals surface area contributed by atoms with Crippen LogP contribution in [0, 0.1) is 0 Å². The third-order valence-corrected chi connectivity index (χ3v) is 8.49. The Morgan fingerprint density at radius 1 is 0.711 bits per heavy atom. The molecule has 0 bridgehead atoms. The van der Waals surface area contributed by atoms with E-state index in [2.05, 4.69) is 37.5 Å². The van der Waals surface area contributed by atoms with E-state index < -0.39 is 15.6 Å². The maximum atomic E-state index is 12.4. The Balaban J connectivity index is 0.000000818. The summed E-state index contributed by atoms with van der Waals surface area (Å²) in [6.45, 7) is 14.9. The van der Waals surface area contributed by atoms with Crippen molar-refractivity contribution in [2.45, 2.75) is 60.1 Å². The molecule has 2 aromatic rings. The number of aliphatic hydroxyl groups is 1. The van der Waals surface area contributed by atoms with Crippen molar-refractivity contribution in [2.24, 2.45) is 0 Å². The molecule has 45 heavy (non-hydrogen) atoms. The summed E-state index contributed by atoms with van der Waals surface area (Å²) in [6.07, 6.45) is 0.787. The number of carbonyl (C=O) groups is 3. The first-order valence-electron chi connectivity index (χ1n) is 14.2. The molecule has 2 saturated heterocycles. The summed E-state index contributed by atoms with van der Waals surface area (Å²) >= 11 is 0. The SMILES string of the molecule is C.C.CC(C)N1CCN(C(=O)c2ccc(C(O)S(=O)(=O)[O-])cc2)CC1.CC(C)N1CCN(C(=O)c2ccc(C=O)cc2)CC1.[Na+]. The number of nitrogens with zero attached hydrogens (tertiary/aromatic N) is 4. The molecule has 2 aliphatic rings. The quantitative estimate of drug-likeness (QED) is 0.254. The number of rotatable bonds is 7. The Bertz CT molecular complexity index is 1310. The fourth-order valence-corrected chi connectivity index (χ4v) is 5.40. The van der Waals surface area contributed by atoms with Crippen LogP contribution in [0.15, 0.2) is 48.5 Å². The fraction of sp³-hybridized carbons (Fsp3) is 0.531. The van der Waals surface area contributed by atoms with Gasteiger partial charge in [-0.15, -0.1) is 0 Å². The van der Waals surface area contributed by atoms with E-state index in [0.29, 0.717) is 41.9 Å². The molecule has 2 aromatic carbocycles. The van der Waals surface area contributed by atoms with Gasteiger partial charge in [-0.05, 0) is 57.5 Å². The number of carbonyl (C=O) groups excluding carboxylic acids is 3. The second-order valence-corrected chi connectivity index (χ2v) is 12.5. The summed E-state index contributed by atoms with van der Waals surface area (Å²) in [5, 5.41) is 9.42. The molecule has 2 heterocycles. The zero-order valence-corrected chi connectivity index (χ0v) is 28.5. The minimum absolute atomic E-state index is 0. The molecule has 0 saturated carbocycles. The van der Waals surface area contributed by atoms with Gasteiger partial charge < -0.3 is 19.5 Å². The summed E-state index contributed by atoms with van der Waals surface area (Å²) in [6, 6.07) is 13.2. The molecule has 2 aliphatic heterocycles. The van der Waals surface area contributed by atoms with Gasteiger partial charge >= 0.3 is 29.6 Å². The summed E-state index contributed by atoms with van der Waals surface area (Å²) in [7, 11) is -4.82. The first-order valence-corrected chi connectivity index (χ1v) is 15.6. The molecule has 1 unspecified atom stereocenters. The van der Waals surface area contributed by atoms with Crippen LogP contribution in [-0.4, -0.2) is 120 Å². The van der Waals surface area contributed by atoms with E-state index in [1.54, 1.807) is 29.2 Å². The van der Waals surface area contributed by atoms with Crippen molar-refractivity contribution >= 4 is 28.2 Å². The van der Waals surface area contributed by atoms with Crippen molar-refractivity contribution in [2.75, 3.05) is 52.4 Å². The number of hydrogen-bond acceptors (Lipinski definition) is 9. The summed E-state index contributed by atoms with van der Waals surface area (Å²) in [4.78, 5) is 43.6. The maximum absolute atomic E-state index is 12.4. The van der Waals surface area contributed by atoms with Crippen molar-refractivity contribution in [1.29, 1.82) is 0 Å². The zero-order chi connectivity index (χ0) is 31.0. The van der Waals surface area contributed by atoms with Gasteiger partial charge in [-0.25, -0.2) is 8.42 Å². The average molecular weight is 657 g/mol. The van der Waals surface area contributed by atoms with Gasteiger partial charge in [-0.3, -0.25) is 24.2 Å². The minimum Gasteiger partial charge on any atom is -0.746 e. The van der Waals surface area contributed by atoms with E-state index in [-0.39, 0.29) is 61.8 Å². The Kier molecular flexibility index (Phi) is 18.6. The van der Waals surface area contributed by atoms with Gasteiger partial charge in [-0.2, -0.15) is 0 Å². The molecule has 0 spiro atoms. The van der Waals surface area contributed by atoms with Crippen LogP contribution in [0.25, 0.3) is 0 Å². The third kappa shape index (κ3) is 12.2. The smallest absolute Gasteiger partial charge is 0.746 e. The Labute approximate surface area is 291 Å². The number of amides is 2. The molecular weight excluding hydrogens is 607 g/mol. The molecule has 246 valence electrons. The van der Waals surface area contributed by atoms with Crippen LogP contribution in [-0.2, 0) is 10.1 Å². The minimum atomic E-state index is -4.82. The van der Waals surface area contributed by atoms with E-state index in [4.69, 9.17) is 0 Å².